The molecule has 3 rings (SSSR count). The van der Waals surface area contributed by atoms with Gasteiger partial charge in [-0.2, -0.15) is 16.9 Å². The first-order valence-corrected chi connectivity index (χ1v) is 9.14. The molecule has 0 saturated heterocycles. The predicted molar refractivity (Wildman–Crippen MR) is 96.6 cm³/mol. The van der Waals surface area contributed by atoms with Gasteiger partial charge < -0.3 is 15.7 Å². The van der Waals surface area contributed by atoms with Crippen LogP contribution in [0.4, 0.5) is 5.82 Å². The number of nitrogens with one attached hydrogen (secondary N) is 2. The third-order valence-electron chi connectivity index (χ3n) is 3.83. The van der Waals surface area contributed by atoms with Crippen molar-refractivity contribution >= 4 is 29.4 Å². The molecule has 132 valence electrons. The molecule has 0 bridgehead atoms. The minimum Gasteiger partial charge on any atom is -0.392 e. The smallest absolute Gasteiger partial charge is 0.314 e. The maximum absolute atomic E-state index is 12.2. The number of carbonyl (C=O) groups is 2. The van der Waals surface area contributed by atoms with Crippen molar-refractivity contribution in [1.82, 2.24) is 15.1 Å². The lowest BCUT2D eigenvalue weighted by Gasteiger charge is -2.12. The monoisotopic (exact) mass is 360 g/mol. The van der Waals surface area contributed by atoms with Gasteiger partial charge in [0.15, 0.2) is 0 Å². The first-order chi connectivity index (χ1) is 12.0. The molecule has 2 aromatic rings. The molecule has 2 heterocycles. The molecular weight excluding hydrogens is 340 g/mol. The van der Waals surface area contributed by atoms with Crippen molar-refractivity contribution in [3.63, 3.8) is 0 Å². The number of aliphatic hydroxyl groups excluding tert-OH is 1. The molecule has 0 spiro atoms. The summed E-state index contributed by atoms with van der Waals surface area (Å²) in [5.41, 5.74) is 3.82. The second-order valence-electron chi connectivity index (χ2n) is 6.03. The Morgan fingerprint density at radius 2 is 2.00 bits per heavy atom. The highest BCUT2D eigenvalue weighted by molar-refractivity contribution is 7.98. The summed E-state index contributed by atoms with van der Waals surface area (Å²) in [5.74, 6) is 0.504. The van der Waals surface area contributed by atoms with Crippen LogP contribution in [0, 0.1) is 6.92 Å². The van der Waals surface area contributed by atoms with Gasteiger partial charge in [0.05, 0.1) is 17.5 Å². The molecule has 0 aliphatic carbocycles. The number of rotatable bonds is 4. The van der Waals surface area contributed by atoms with E-state index in [4.69, 9.17) is 0 Å². The van der Waals surface area contributed by atoms with Gasteiger partial charge in [-0.25, -0.2) is 4.68 Å². The van der Waals surface area contributed by atoms with Crippen LogP contribution >= 0.6 is 11.8 Å². The third kappa shape index (κ3) is 3.85. The molecule has 8 heteroatoms. The number of hydrogen-bond acceptors (Lipinski definition) is 5. The maximum atomic E-state index is 12.2. The topological polar surface area (TPSA) is 96.2 Å². The lowest BCUT2D eigenvalue weighted by Crippen LogP contribution is -2.39. The third-order valence-corrected chi connectivity index (χ3v) is 4.80. The second-order valence-corrected chi connectivity index (χ2v) is 7.01. The minimum absolute atomic E-state index is 0.0252. The summed E-state index contributed by atoms with van der Waals surface area (Å²) in [5, 5.41) is 18.9. The first kappa shape index (κ1) is 17.5. The van der Waals surface area contributed by atoms with Gasteiger partial charge in [0.2, 0.25) is 0 Å². The normalized spacial score (nSPS) is 14.0. The van der Waals surface area contributed by atoms with Crippen LogP contribution in [0.5, 0.6) is 0 Å². The zero-order valence-corrected chi connectivity index (χ0v) is 14.9. The van der Waals surface area contributed by atoms with E-state index in [0.29, 0.717) is 5.82 Å². The van der Waals surface area contributed by atoms with Gasteiger partial charge in [-0.05, 0) is 26.0 Å². The van der Waals surface area contributed by atoms with Gasteiger partial charge in [-0.15, -0.1) is 0 Å². The van der Waals surface area contributed by atoms with Crippen LogP contribution < -0.4 is 10.6 Å². The van der Waals surface area contributed by atoms with Crippen molar-refractivity contribution in [3.05, 3.63) is 41.1 Å². The number of aliphatic hydroxyl groups is 1. The summed E-state index contributed by atoms with van der Waals surface area (Å²) in [6.07, 6.45) is -0.713. The van der Waals surface area contributed by atoms with E-state index in [1.807, 2.05) is 31.2 Å². The number of carbonyl (C=O) groups excluding carboxylic acids is 2. The molecule has 25 heavy (non-hydrogen) atoms. The van der Waals surface area contributed by atoms with Gasteiger partial charge >= 0.3 is 11.8 Å². The van der Waals surface area contributed by atoms with E-state index in [9.17, 15) is 14.7 Å². The fourth-order valence-corrected chi connectivity index (χ4v) is 3.53. The molecule has 0 saturated carbocycles. The number of hydrogen-bond donors (Lipinski definition) is 3. The summed E-state index contributed by atoms with van der Waals surface area (Å²) in [6, 6.07) is 7.79. The quantitative estimate of drug-likeness (QED) is 0.716. The number of aromatic nitrogens is 2. The highest BCUT2D eigenvalue weighted by atomic mass is 32.2. The first-order valence-electron chi connectivity index (χ1n) is 7.98. The highest BCUT2D eigenvalue weighted by Gasteiger charge is 2.26. The fraction of sp³-hybridized carbons (Fsp3) is 0.353. The number of fused-ring (bicyclic) bond motifs is 1. The zero-order valence-electron chi connectivity index (χ0n) is 14.1. The second kappa shape index (κ2) is 7.28. The van der Waals surface area contributed by atoms with E-state index in [1.54, 1.807) is 16.4 Å². The van der Waals surface area contributed by atoms with E-state index in [1.165, 1.54) is 6.92 Å². The van der Waals surface area contributed by atoms with Gasteiger partial charge in [-0.1, -0.05) is 17.7 Å². The molecule has 1 aliphatic heterocycles. The molecule has 1 aromatic heterocycles. The number of anilines is 1. The number of nitrogens with zero attached hydrogens (tertiary/aromatic N) is 2. The van der Waals surface area contributed by atoms with Crippen LogP contribution in [0.2, 0.25) is 0 Å². The summed E-state index contributed by atoms with van der Waals surface area (Å²) < 4.78 is 1.67. The largest absolute Gasteiger partial charge is 0.392 e. The number of aryl methyl sites for hydroxylation is 1. The van der Waals surface area contributed by atoms with Crippen LogP contribution in [-0.2, 0) is 21.1 Å². The molecule has 1 aliphatic rings. The highest BCUT2D eigenvalue weighted by Crippen LogP contribution is 2.36. The summed E-state index contributed by atoms with van der Waals surface area (Å²) in [4.78, 5) is 24.1. The molecule has 1 atom stereocenters. The average Bonchev–Trinajstić information content (AvgIpc) is 3.16. The molecule has 2 amide bonds. The van der Waals surface area contributed by atoms with Crippen LogP contribution in [0.3, 0.4) is 0 Å². The summed E-state index contributed by atoms with van der Waals surface area (Å²) in [6.45, 7) is 3.56. The Balaban J connectivity index is 1.86. The molecule has 0 radical (unpaired) electrons. The summed E-state index contributed by atoms with van der Waals surface area (Å²) in [7, 11) is 0. The lowest BCUT2D eigenvalue weighted by molar-refractivity contribution is -0.136. The number of thioether (sulfide) groups is 1. The molecule has 0 fully saturated rings. The number of benzene rings is 1. The molecule has 1 aromatic carbocycles. The SMILES string of the molecule is Cc1ccc(-n2nc3c(c2NC(=O)C(=O)NC[C@@H](C)O)CSC3)cc1. The minimum atomic E-state index is -0.781. The Morgan fingerprint density at radius 3 is 2.68 bits per heavy atom. The number of amides is 2. The van der Waals surface area contributed by atoms with Crippen molar-refractivity contribution in [2.45, 2.75) is 31.5 Å². The van der Waals surface area contributed by atoms with E-state index in [0.717, 1.165) is 34.0 Å². The Morgan fingerprint density at radius 1 is 1.28 bits per heavy atom. The van der Waals surface area contributed by atoms with Crippen LogP contribution in [0.1, 0.15) is 23.7 Å². The average molecular weight is 360 g/mol. The van der Waals surface area contributed by atoms with E-state index in [-0.39, 0.29) is 6.54 Å². The van der Waals surface area contributed by atoms with Crippen molar-refractivity contribution in [2.24, 2.45) is 0 Å². The predicted octanol–water partition coefficient (Wildman–Crippen LogP) is 1.36. The Kier molecular flexibility index (Phi) is 5.10. The fourth-order valence-electron chi connectivity index (χ4n) is 2.50. The van der Waals surface area contributed by atoms with E-state index < -0.39 is 17.9 Å². The van der Waals surface area contributed by atoms with E-state index in [2.05, 4.69) is 15.7 Å². The van der Waals surface area contributed by atoms with Crippen LogP contribution in [0.15, 0.2) is 24.3 Å². The van der Waals surface area contributed by atoms with Crippen molar-refractivity contribution in [3.8, 4) is 5.69 Å². The molecular formula is C17H20N4O3S. The Hall–Kier alpha value is -2.32. The Labute approximate surface area is 149 Å². The van der Waals surface area contributed by atoms with Crippen molar-refractivity contribution < 1.29 is 14.7 Å². The molecule has 7 nitrogen and oxygen atoms in total. The van der Waals surface area contributed by atoms with Gasteiger partial charge in [0, 0.05) is 23.6 Å². The summed E-state index contributed by atoms with van der Waals surface area (Å²) >= 11 is 1.72. The van der Waals surface area contributed by atoms with Crippen LogP contribution in [-0.4, -0.2) is 39.4 Å². The van der Waals surface area contributed by atoms with Crippen LogP contribution in [0.25, 0.3) is 5.69 Å². The lowest BCUT2D eigenvalue weighted by atomic mass is 10.2. The molecule has 3 N–H and O–H groups in total. The van der Waals surface area contributed by atoms with Crippen molar-refractivity contribution in [1.29, 1.82) is 0 Å². The standard InChI is InChI=1S/C17H20N4O3S/c1-10-3-5-12(6-4-10)21-15(13-8-25-9-14(13)20-21)19-17(24)16(23)18-7-11(2)22/h3-6,11,22H,7-9H2,1-2H3,(H,18,23)(H,19,24)/t11-/m1/s1. The Bertz CT molecular complexity index is 799. The van der Waals surface area contributed by atoms with Crippen molar-refractivity contribution in [2.75, 3.05) is 11.9 Å². The van der Waals surface area contributed by atoms with Gasteiger partial charge in [0.1, 0.15) is 5.82 Å². The van der Waals surface area contributed by atoms with E-state index >= 15 is 0 Å². The van der Waals surface area contributed by atoms with Gasteiger partial charge in [-0.3, -0.25) is 9.59 Å². The zero-order chi connectivity index (χ0) is 18.0. The maximum Gasteiger partial charge on any atom is 0.314 e. The van der Waals surface area contributed by atoms with Gasteiger partial charge in [0.25, 0.3) is 0 Å². The molecule has 0 unspecified atom stereocenters.